The molecule has 1 aromatic carbocycles. The molecule has 0 aliphatic carbocycles. The number of nitrogens with zero attached hydrogens (tertiary/aromatic N) is 3. The third-order valence-electron chi connectivity index (χ3n) is 4.01. The summed E-state index contributed by atoms with van der Waals surface area (Å²) in [5.74, 6) is 1.25. The normalized spacial score (nSPS) is 16.1. The lowest BCUT2D eigenvalue weighted by Crippen LogP contribution is -2.29. The standard InChI is InChI=1S/C17H20N4O4/c1-5-25-15-11(7-6-8-12(15)23-3)14-13(16(22)24-4)10(2)20-17-18-9-19-21(14)17/h6-9,14H,5H2,1-4H3,(H,18,19,20)/t14-/m1/s1. The van der Waals surface area contributed by atoms with Crippen molar-refractivity contribution in [3.63, 3.8) is 0 Å². The average molecular weight is 344 g/mol. The monoisotopic (exact) mass is 344 g/mol. The topological polar surface area (TPSA) is 87.5 Å². The number of carbonyl (C=O) groups excluding carboxylic acids is 1. The molecular formula is C17H20N4O4. The summed E-state index contributed by atoms with van der Waals surface area (Å²) in [4.78, 5) is 16.7. The number of carbonyl (C=O) groups is 1. The maximum Gasteiger partial charge on any atom is 0.338 e. The molecule has 1 atom stereocenters. The number of aromatic nitrogens is 3. The van der Waals surface area contributed by atoms with E-state index in [2.05, 4.69) is 15.4 Å². The fraction of sp³-hybridized carbons (Fsp3) is 0.353. The number of ether oxygens (including phenoxy) is 3. The zero-order chi connectivity index (χ0) is 18.0. The fourth-order valence-corrected chi connectivity index (χ4v) is 2.96. The molecule has 1 aliphatic rings. The van der Waals surface area contributed by atoms with Crippen molar-refractivity contribution in [3.8, 4) is 11.5 Å². The van der Waals surface area contributed by atoms with Crippen molar-refractivity contribution in [3.05, 3.63) is 41.4 Å². The highest BCUT2D eigenvalue weighted by atomic mass is 16.5. The lowest BCUT2D eigenvalue weighted by Gasteiger charge is -2.29. The number of fused-ring (bicyclic) bond motifs is 1. The van der Waals surface area contributed by atoms with Gasteiger partial charge in [-0.25, -0.2) is 9.48 Å². The maximum atomic E-state index is 12.5. The molecule has 3 rings (SSSR count). The maximum absolute atomic E-state index is 12.5. The molecule has 0 bridgehead atoms. The molecule has 0 fully saturated rings. The van der Waals surface area contributed by atoms with Crippen LogP contribution in [-0.4, -0.2) is 41.6 Å². The highest BCUT2D eigenvalue weighted by Gasteiger charge is 2.36. The second-order valence-electron chi connectivity index (χ2n) is 5.40. The van der Waals surface area contributed by atoms with E-state index >= 15 is 0 Å². The van der Waals surface area contributed by atoms with Gasteiger partial charge in [0.15, 0.2) is 11.5 Å². The average Bonchev–Trinajstić information content (AvgIpc) is 3.08. The Morgan fingerprint density at radius 2 is 2.16 bits per heavy atom. The molecule has 25 heavy (non-hydrogen) atoms. The number of allylic oxidation sites excluding steroid dienone is 1. The van der Waals surface area contributed by atoms with Gasteiger partial charge < -0.3 is 19.5 Å². The molecule has 8 nitrogen and oxygen atoms in total. The number of benzene rings is 1. The van der Waals surface area contributed by atoms with Crippen LogP contribution in [0.1, 0.15) is 25.5 Å². The molecule has 0 saturated carbocycles. The van der Waals surface area contributed by atoms with E-state index in [4.69, 9.17) is 14.2 Å². The molecule has 0 radical (unpaired) electrons. The number of rotatable bonds is 5. The SMILES string of the molecule is CCOc1c(OC)cccc1[C@@H]1C(C(=O)OC)=C(C)Nc2ncnn21. The molecule has 132 valence electrons. The van der Waals surface area contributed by atoms with E-state index < -0.39 is 12.0 Å². The van der Waals surface area contributed by atoms with Gasteiger partial charge in [-0.2, -0.15) is 10.1 Å². The van der Waals surface area contributed by atoms with Gasteiger partial charge in [0, 0.05) is 11.3 Å². The van der Waals surface area contributed by atoms with Crippen molar-refractivity contribution >= 4 is 11.9 Å². The second-order valence-corrected chi connectivity index (χ2v) is 5.40. The summed E-state index contributed by atoms with van der Waals surface area (Å²) in [6, 6.07) is 5.00. The van der Waals surface area contributed by atoms with Crippen molar-refractivity contribution in [2.45, 2.75) is 19.9 Å². The summed E-state index contributed by atoms with van der Waals surface area (Å²) in [6.07, 6.45) is 1.43. The molecule has 0 unspecified atom stereocenters. The van der Waals surface area contributed by atoms with Crippen LogP contribution in [0.25, 0.3) is 0 Å². The number of hydrogen-bond acceptors (Lipinski definition) is 7. The van der Waals surface area contributed by atoms with Crippen molar-refractivity contribution < 1.29 is 19.0 Å². The van der Waals surface area contributed by atoms with Crippen LogP contribution >= 0.6 is 0 Å². The Kier molecular flexibility index (Phi) is 4.60. The van der Waals surface area contributed by atoms with E-state index in [-0.39, 0.29) is 0 Å². The van der Waals surface area contributed by atoms with E-state index in [1.165, 1.54) is 13.4 Å². The Morgan fingerprint density at radius 1 is 1.36 bits per heavy atom. The molecule has 1 aromatic heterocycles. The summed E-state index contributed by atoms with van der Waals surface area (Å²) in [5.41, 5.74) is 1.84. The molecular weight excluding hydrogens is 324 g/mol. The Hall–Kier alpha value is -3.03. The van der Waals surface area contributed by atoms with Gasteiger partial charge in [-0.05, 0) is 19.9 Å². The first kappa shape index (κ1) is 16.8. The number of anilines is 1. The Balaban J connectivity index is 2.25. The van der Waals surface area contributed by atoms with Gasteiger partial charge in [-0.15, -0.1) is 0 Å². The van der Waals surface area contributed by atoms with Gasteiger partial charge in [0.2, 0.25) is 5.95 Å². The van der Waals surface area contributed by atoms with Crippen molar-refractivity contribution in [1.82, 2.24) is 14.8 Å². The van der Waals surface area contributed by atoms with Crippen molar-refractivity contribution in [2.24, 2.45) is 0 Å². The van der Waals surface area contributed by atoms with Crippen LogP contribution in [0.5, 0.6) is 11.5 Å². The summed E-state index contributed by atoms with van der Waals surface area (Å²) >= 11 is 0. The fourth-order valence-electron chi connectivity index (χ4n) is 2.96. The Bertz CT molecular complexity index is 828. The van der Waals surface area contributed by atoms with Crippen LogP contribution in [0.15, 0.2) is 35.8 Å². The summed E-state index contributed by atoms with van der Waals surface area (Å²) in [7, 11) is 2.93. The smallest absolute Gasteiger partial charge is 0.338 e. The van der Waals surface area contributed by atoms with E-state index in [0.29, 0.717) is 35.3 Å². The van der Waals surface area contributed by atoms with Crippen LogP contribution in [0.3, 0.4) is 0 Å². The molecule has 8 heteroatoms. The summed E-state index contributed by atoms with van der Waals surface area (Å²) in [5, 5.41) is 7.36. The molecule has 0 amide bonds. The minimum Gasteiger partial charge on any atom is -0.493 e. The van der Waals surface area contributed by atoms with Gasteiger partial charge in [0.25, 0.3) is 0 Å². The molecule has 0 saturated heterocycles. The van der Waals surface area contributed by atoms with Crippen LogP contribution < -0.4 is 14.8 Å². The molecule has 1 aliphatic heterocycles. The number of para-hydroxylation sites is 1. The first-order valence-electron chi connectivity index (χ1n) is 7.87. The highest BCUT2D eigenvalue weighted by molar-refractivity contribution is 5.92. The van der Waals surface area contributed by atoms with Crippen molar-refractivity contribution in [2.75, 3.05) is 26.1 Å². The van der Waals surface area contributed by atoms with Crippen LogP contribution in [-0.2, 0) is 9.53 Å². The van der Waals surface area contributed by atoms with Gasteiger partial charge in [0.05, 0.1) is 26.4 Å². The molecule has 2 aromatic rings. The van der Waals surface area contributed by atoms with E-state index in [1.54, 1.807) is 18.7 Å². The van der Waals surface area contributed by atoms with Crippen molar-refractivity contribution in [1.29, 1.82) is 0 Å². The largest absolute Gasteiger partial charge is 0.493 e. The van der Waals surface area contributed by atoms with Gasteiger partial charge in [-0.3, -0.25) is 0 Å². The van der Waals surface area contributed by atoms with Gasteiger partial charge in [-0.1, -0.05) is 12.1 Å². The highest BCUT2D eigenvalue weighted by Crippen LogP contribution is 2.42. The first-order valence-corrected chi connectivity index (χ1v) is 7.87. The number of nitrogens with one attached hydrogen (secondary N) is 1. The third-order valence-corrected chi connectivity index (χ3v) is 4.01. The summed E-state index contributed by atoms with van der Waals surface area (Å²) in [6.45, 7) is 4.15. The van der Waals surface area contributed by atoms with Gasteiger partial charge in [0.1, 0.15) is 12.4 Å². The van der Waals surface area contributed by atoms with E-state index in [1.807, 2.05) is 25.1 Å². The lowest BCUT2D eigenvalue weighted by molar-refractivity contribution is -0.136. The first-order chi connectivity index (χ1) is 12.1. The van der Waals surface area contributed by atoms with E-state index in [9.17, 15) is 4.79 Å². The second kappa shape index (κ2) is 6.84. The zero-order valence-electron chi connectivity index (χ0n) is 14.6. The predicted molar refractivity (Wildman–Crippen MR) is 90.7 cm³/mol. The van der Waals surface area contributed by atoms with E-state index in [0.717, 1.165) is 5.56 Å². The molecule has 0 spiro atoms. The summed E-state index contributed by atoms with van der Waals surface area (Å²) < 4.78 is 17.9. The minimum atomic E-state index is -0.539. The Morgan fingerprint density at radius 3 is 2.84 bits per heavy atom. The number of hydrogen-bond donors (Lipinski definition) is 1. The third kappa shape index (κ3) is 2.79. The van der Waals surface area contributed by atoms with Crippen LogP contribution in [0, 0.1) is 0 Å². The van der Waals surface area contributed by atoms with Crippen LogP contribution in [0.2, 0.25) is 0 Å². The number of esters is 1. The minimum absolute atomic E-state index is 0.440. The Labute approximate surface area is 145 Å². The lowest BCUT2D eigenvalue weighted by atomic mass is 9.94. The number of methoxy groups -OCH3 is 2. The molecule has 1 N–H and O–H groups in total. The predicted octanol–water partition coefficient (Wildman–Crippen LogP) is 2.15. The van der Waals surface area contributed by atoms with Gasteiger partial charge >= 0.3 is 5.97 Å². The zero-order valence-corrected chi connectivity index (χ0v) is 14.6. The molecule has 2 heterocycles. The van der Waals surface area contributed by atoms with Crippen LogP contribution in [0.4, 0.5) is 5.95 Å². The quantitative estimate of drug-likeness (QED) is 0.832.